The molecule has 0 radical (unpaired) electrons. The van der Waals surface area contributed by atoms with Crippen LogP contribution >= 0.6 is 0 Å². The molecule has 1 aliphatic heterocycles. The topological polar surface area (TPSA) is 54.5 Å². The van der Waals surface area contributed by atoms with Crippen LogP contribution in [0.2, 0.25) is 0 Å². The van der Waals surface area contributed by atoms with Crippen LogP contribution in [0.5, 0.6) is 5.75 Å². The van der Waals surface area contributed by atoms with Crippen molar-refractivity contribution >= 4 is 16.8 Å². The number of pyridine rings is 1. The van der Waals surface area contributed by atoms with E-state index in [0.29, 0.717) is 18.2 Å². The van der Waals surface area contributed by atoms with Gasteiger partial charge in [0.25, 0.3) is 5.91 Å². The van der Waals surface area contributed by atoms with Gasteiger partial charge in [-0.2, -0.15) is 0 Å². The minimum absolute atomic E-state index is 0.0423. The Morgan fingerprint density at radius 2 is 2.10 bits per heavy atom. The van der Waals surface area contributed by atoms with Gasteiger partial charge in [0.1, 0.15) is 12.4 Å². The van der Waals surface area contributed by atoms with E-state index in [1.807, 2.05) is 49.5 Å². The summed E-state index contributed by atoms with van der Waals surface area (Å²) in [6, 6.07) is 16.5. The first-order chi connectivity index (χ1) is 15.1. The summed E-state index contributed by atoms with van der Waals surface area (Å²) in [6.45, 7) is 3.76. The number of hydrogen-bond acceptors (Lipinski definition) is 4. The third-order valence-corrected chi connectivity index (χ3v) is 6.83. The van der Waals surface area contributed by atoms with Crippen molar-refractivity contribution in [3.63, 3.8) is 0 Å². The van der Waals surface area contributed by atoms with Gasteiger partial charge >= 0.3 is 0 Å². The standard InChI is InChI=1S/C26H29N3O2/c1-18-10-11-20(31-17-19-6-5-15-29(19)2)16-22(18)25(30)28-26(12-13-26)23-8-3-9-24-21(23)7-4-14-27-24/h3-4,7-11,14,16,19H,5-6,12-13,15,17H2,1-2H3,(H,28,30)/t19-/m1/s1. The Balaban J connectivity index is 1.35. The summed E-state index contributed by atoms with van der Waals surface area (Å²) >= 11 is 0. The van der Waals surface area contributed by atoms with E-state index in [-0.39, 0.29) is 11.4 Å². The fourth-order valence-corrected chi connectivity index (χ4v) is 4.71. The molecule has 0 bridgehead atoms. The average molecular weight is 416 g/mol. The number of ether oxygens (including phenoxy) is 1. The number of likely N-dealkylation sites (N-methyl/N-ethyl adjacent to an activating group) is 1. The molecule has 0 spiro atoms. The van der Waals surface area contributed by atoms with Gasteiger partial charge in [0.15, 0.2) is 0 Å². The van der Waals surface area contributed by atoms with Gasteiger partial charge in [-0.25, -0.2) is 0 Å². The SMILES string of the molecule is Cc1ccc(OC[C@H]2CCCN2C)cc1C(=O)NC1(c2cccc3ncccc23)CC1. The zero-order valence-corrected chi connectivity index (χ0v) is 18.2. The van der Waals surface area contributed by atoms with Gasteiger partial charge in [-0.15, -0.1) is 0 Å². The molecule has 2 fully saturated rings. The Morgan fingerprint density at radius 3 is 2.87 bits per heavy atom. The summed E-state index contributed by atoms with van der Waals surface area (Å²) in [6.07, 6.45) is 6.07. The van der Waals surface area contributed by atoms with Gasteiger partial charge in [0.2, 0.25) is 0 Å². The van der Waals surface area contributed by atoms with Crippen molar-refractivity contribution < 1.29 is 9.53 Å². The van der Waals surface area contributed by atoms with Crippen molar-refractivity contribution in [1.29, 1.82) is 0 Å². The van der Waals surface area contributed by atoms with Crippen LogP contribution in [0.1, 0.15) is 47.2 Å². The van der Waals surface area contributed by atoms with Gasteiger partial charge in [0, 0.05) is 23.2 Å². The molecule has 2 heterocycles. The molecule has 1 aromatic heterocycles. The summed E-state index contributed by atoms with van der Waals surface area (Å²) in [5, 5.41) is 4.44. The van der Waals surface area contributed by atoms with Gasteiger partial charge in [-0.05, 0) is 81.6 Å². The second-order valence-electron chi connectivity index (χ2n) is 8.98. The third-order valence-electron chi connectivity index (χ3n) is 6.83. The molecule has 1 amide bonds. The second-order valence-corrected chi connectivity index (χ2v) is 8.98. The minimum Gasteiger partial charge on any atom is -0.492 e. The van der Waals surface area contributed by atoms with E-state index in [1.165, 1.54) is 6.42 Å². The van der Waals surface area contributed by atoms with E-state index in [9.17, 15) is 4.79 Å². The molecule has 1 aliphatic carbocycles. The zero-order valence-electron chi connectivity index (χ0n) is 18.2. The number of nitrogens with one attached hydrogen (secondary N) is 1. The highest BCUT2D eigenvalue weighted by atomic mass is 16.5. The van der Waals surface area contributed by atoms with E-state index < -0.39 is 0 Å². The molecule has 1 saturated heterocycles. The molecular weight excluding hydrogens is 386 g/mol. The van der Waals surface area contributed by atoms with Crippen LogP contribution in [-0.2, 0) is 5.54 Å². The highest BCUT2D eigenvalue weighted by Crippen LogP contribution is 2.48. The van der Waals surface area contributed by atoms with E-state index in [1.54, 1.807) is 0 Å². The quantitative estimate of drug-likeness (QED) is 0.647. The lowest BCUT2D eigenvalue weighted by atomic mass is 9.98. The summed E-state index contributed by atoms with van der Waals surface area (Å²) in [5.41, 5.74) is 3.44. The Bertz CT molecular complexity index is 1120. The van der Waals surface area contributed by atoms with Crippen molar-refractivity contribution in [3.8, 4) is 5.75 Å². The van der Waals surface area contributed by atoms with Crippen molar-refractivity contribution in [2.24, 2.45) is 0 Å². The van der Waals surface area contributed by atoms with Crippen LogP contribution in [-0.4, -0.2) is 42.0 Å². The number of hydrogen-bond donors (Lipinski definition) is 1. The number of carbonyl (C=O) groups excluding carboxylic acids is 1. The number of nitrogens with zero attached hydrogens (tertiary/aromatic N) is 2. The average Bonchev–Trinajstić information content (AvgIpc) is 3.45. The maximum absolute atomic E-state index is 13.3. The molecule has 1 N–H and O–H groups in total. The first-order valence-corrected chi connectivity index (χ1v) is 11.2. The monoisotopic (exact) mass is 415 g/mol. The number of likely N-dealkylation sites (tertiary alicyclic amines) is 1. The molecule has 5 heteroatoms. The Morgan fingerprint density at radius 1 is 1.23 bits per heavy atom. The fourth-order valence-electron chi connectivity index (χ4n) is 4.71. The molecule has 1 atom stereocenters. The smallest absolute Gasteiger partial charge is 0.252 e. The third kappa shape index (κ3) is 3.90. The summed E-state index contributed by atoms with van der Waals surface area (Å²) in [4.78, 5) is 20.1. The minimum atomic E-state index is -0.310. The number of carbonyl (C=O) groups is 1. The predicted octanol–water partition coefficient (Wildman–Crippen LogP) is 4.44. The number of amides is 1. The molecule has 5 rings (SSSR count). The second kappa shape index (κ2) is 7.97. The normalized spacial score (nSPS) is 20.0. The van der Waals surface area contributed by atoms with Crippen LogP contribution in [0.4, 0.5) is 0 Å². The number of rotatable bonds is 6. The predicted molar refractivity (Wildman–Crippen MR) is 122 cm³/mol. The molecule has 31 heavy (non-hydrogen) atoms. The van der Waals surface area contributed by atoms with Crippen molar-refractivity contribution in [3.05, 3.63) is 71.4 Å². The molecule has 3 aromatic rings. The summed E-state index contributed by atoms with van der Waals surface area (Å²) in [7, 11) is 2.15. The number of fused-ring (bicyclic) bond motifs is 1. The fraction of sp³-hybridized carbons (Fsp3) is 0.385. The van der Waals surface area contributed by atoms with Crippen molar-refractivity contribution in [2.45, 2.75) is 44.2 Å². The van der Waals surface area contributed by atoms with Gasteiger partial charge in [-0.3, -0.25) is 9.78 Å². The van der Waals surface area contributed by atoms with Crippen LogP contribution in [0.3, 0.4) is 0 Å². The lowest BCUT2D eigenvalue weighted by Gasteiger charge is -2.22. The molecule has 2 aromatic carbocycles. The molecule has 2 aliphatic rings. The van der Waals surface area contributed by atoms with Crippen LogP contribution in [0, 0.1) is 6.92 Å². The molecule has 0 unspecified atom stereocenters. The van der Waals surface area contributed by atoms with E-state index in [0.717, 1.165) is 53.6 Å². The maximum atomic E-state index is 13.3. The molecule has 1 saturated carbocycles. The molecule has 5 nitrogen and oxygen atoms in total. The lowest BCUT2D eigenvalue weighted by molar-refractivity contribution is 0.0930. The lowest BCUT2D eigenvalue weighted by Crippen LogP contribution is -2.35. The van der Waals surface area contributed by atoms with Crippen LogP contribution in [0.15, 0.2) is 54.7 Å². The van der Waals surface area contributed by atoms with Crippen LogP contribution < -0.4 is 10.1 Å². The summed E-state index contributed by atoms with van der Waals surface area (Å²) < 4.78 is 6.06. The summed E-state index contributed by atoms with van der Waals surface area (Å²) in [5.74, 6) is 0.717. The molecular formula is C26H29N3O2. The van der Waals surface area contributed by atoms with Crippen molar-refractivity contribution in [2.75, 3.05) is 20.2 Å². The van der Waals surface area contributed by atoms with Crippen LogP contribution in [0.25, 0.3) is 10.9 Å². The zero-order chi connectivity index (χ0) is 21.4. The Labute approximate surface area is 183 Å². The highest BCUT2D eigenvalue weighted by Gasteiger charge is 2.46. The van der Waals surface area contributed by atoms with Crippen molar-refractivity contribution in [1.82, 2.24) is 15.2 Å². The number of aryl methyl sites for hydroxylation is 1. The largest absolute Gasteiger partial charge is 0.492 e. The van der Waals surface area contributed by atoms with E-state index in [2.05, 4.69) is 34.4 Å². The number of aromatic nitrogens is 1. The maximum Gasteiger partial charge on any atom is 0.252 e. The van der Waals surface area contributed by atoms with Gasteiger partial charge in [0.05, 0.1) is 11.1 Å². The number of benzene rings is 2. The first-order valence-electron chi connectivity index (χ1n) is 11.2. The van der Waals surface area contributed by atoms with E-state index in [4.69, 9.17) is 4.74 Å². The Hall–Kier alpha value is -2.92. The van der Waals surface area contributed by atoms with Gasteiger partial charge in [-0.1, -0.05) is 24.3 Å². The first kappa shape index (κ1) is 20.0. The highest BCUT2D eigenvalue weighted by molar-refractivity contribution is 5.97. The van der Waals surface area contributed by atoms with E-state index >= 15 is 0 Å². The molecule has 160 valence electrons. The Kier molecular flexibility index (Phi) is 5.14. The van der Waals surface area contributed by atoms with Gasteiger partial charge < -0.3 is 15.0 Å².